The van der Waals surface area contributed by atoms with E-state index in [1.807, 2.05) is 0 Å². The number of aliphatic carboxylic acids is 1. The molecule has 48 heavy (non-hydrogen) atoms. The molecule has 16 heteroatoms. The van der Waals surface area contributed by atoms with Crippen LogP contribution in [-0.2, 0) is 23.9 Å². The van der Waals surface area contributed by atoms with Crippen molar-refractivity contribution in [1.82, 2.24) is 30.3 Å². The number of likely N-dealkylation sites (tertiary alicyclic amines) is 1. The number of carbonyl (C=O) groups excluding carboxylic acids is 5. The summed E-state index contributed by atoms with van der Waals surface area (Å²) in [5.74, 6) is -4.07. The van der Waals surface area contributed by atoms with Crippen LogP contribution in [-0.4, -0.2) is 125 Å². The number of carboxylic acids is 1. The van der Waals surface area contributed by atoms with Gasteiger partial charge in [0, 0.05) is 51.3 Å². The Kier molecular flexibility index (Phi) is 10.9. The molecule has 0 unspecified atom stereocenters. The van der Waals surface area contributed by atoms with Crippen molar-refractivity contribution < 1.29 is 47.7 Å². The molecule has 1 aromatic heterocycles. The van der Waals surface area contributed by atoms with Crippen LogP contribution >= 0.6 is 0 Å². The number of nitrogens with one attached hydrogen (secondary N) is 2. The molecule has 1 saturated carbocycles. The maximum atomic E-state index is 15.0. The minimum Gasteiger partial charge on any atom is -0.483 e. The Labute approximate surface area is 275 Å². The van der Waals surface area contributed by atoms with Gasteiger partial charge in [0.2, 0.25) is 11.8 Å². The number of halogens is 1. The van der Waals surface area contributed by atoms with E-state index in [-0.39, 0.29) is 73.5 Å². The van der Waals surface area contributed by atoms with Crippen LogP contribution in [0.15, 0.2) is 24.3 Å². The molecule has 2 saturated heterocycles. The number of hydrogen-bond acceptors (Lipinski definition) is 9. The second kappa shape index (κ2) is 15.3. The predicted octanol–water partition coefficient (Wildman–Crippen LogP) is 1.29. The Morgan fingerprint density at radius 2 is 1.77 bits per heavy atom. The fraction of sp³-hybridized carbons (Fsp3) is 0.531. The molecule has 5 rings (SSSR count). The summed E-state index contributed by atoms with van der Waals surface area (Å²) in [7, 11) is 0. The Bertz CT molecular complexity index is 1580. The van der Waals surface area contributed by atoms with Crippen LogP contribution in [0.3, 0.4) is 0 Å². The molecule has 3 N–H and O–H groups in total. The molecule has 15 nitrogen and oxygen atoms in total. The molecular formula is C32H39FN6O9. The second-order valence-electron chi connectivity index (χ2n) is 11.9. The standard InChI is InChI=1S/C32H39FN6O9/c1-2-47-32(46)38-15-13-37(14-16-38)31(45)22(10-11-27(41)42)36-29(43)23-17-25(28-20(33)5-3-6-21(28)35-23)48-18-26(40)39-12-4-7-24(39)30(44)34-19-8-9-19/h3,5-6,17,19,22,24H,2,4,7-16,18H2,1H3,(H,34,44)(H,36,43)(H,41,42)/t22-,24-/m0/s1. The molecule has 5 amide bonds. The van der Waals surface area contributed by atoms with Crippen molar-refractivity contribution in [1.29, 1.82) is 0 Å². The monoisotopic (exact) mass is 670 g/mol. The highest BCUT2D eigenvalue weighted by atomic mass is 19.1. The molecule has 2 aliphatic heterocycles. The highest BCUT2D eigenvalue weighted by Gasteiger charge is 2.37. The van der Waals surface area contributed by atoms with Crippen LogP contribution in [0.5, 0.6) is 5.75 Å². The summed E-state index contributed by atoms with van der Waals surface area (Å²) in [6.45, 7) is 2.43. The molecule has 2 aromatic rings. The lowest BCUT2D eigenvalue weighted by Gasteiger charge is -2.35. The summed E-state index contributed by atoms with van der Waals surface area (Å²) >= 11 is 0. The SMILES string of the molecule is CCOC(=O)N1CCN(C(=O)[C@H](CCC(=O)O)NC(=O)c2cc(OCC(=O)N3CCC[C@H]3C(=O)NC3CC3)c3c(F)cccc3n2)CC1. The van der Waals surface area contributed by atoms with E-state index in [0.29, 0.717) is 19.4 Å². The van der Waals surface area contributed by atoms with Gasteiger partial charge in [0.1, 0.15) is 29.3 Å². The number of aromatic nitrogens is 1. The third-order valence-electron chi connectivity index (χ3n) is 8.50. The lowest BCUT2D eigenvalue weighted by Crippen LogP contribution is -2.56. The van der Waals surface area contributed by atoms with Gasteiger partial charge in [-0.25, -0.2) is 14.2 Å². The highest BCUT2D eigenvalue weighted by molar-refractivity contribution is 5.99. The van der Waals surface area contributed by atoms with E-state index in [1.165, 1.54) is 32.9 Å². The van der Waals surface area contributed by atoms with Gasteiger partial charge in [0.25, 0.3) is 11.8 Å². The first-order valence-electron chi connectivity index (χ1n) is 16.1. The van der Waals surface area contributed by atoms with Crippen LogP contribution in [0.25, 0.3) is 10.9 Å². The first-order chi connectivity index (χ1) is 23.0. The van der Waals surface area contributed by atoms with Crippen molar-refractivity contribution in [3.05, 3.63) is 35.8 Å². The van der Waals surface area contributed by atoms with Crippen LogP contribution in [0.1, 0.15) is 55.9 Å². The van der Waals surface area contributed by atoms with Crippen molar-refractivity contribution in [2.45, 2.75) is 63.6 Å². The van der Waals surface area contributed by atoms with Gasteiger partial charge < -0.3 is 39.9 Å². The Morgan fingerprint density at radius 1 is 1.04 bits per heavy atom. The van der Waals surface area contributed by atoms with Gasteiger partial charge in [0.05, 0.1) is 17.5 Å². The van der Waals surface area contributed by atoms with Crippen LogP contribution in [0, 0.1) is 5.82 Å². The molecule has 3 heterocycles. The summed E-state index contributed by atoms with van der Waals surface area (Å²) in [6.07, 6.45) is 1.85. The van der Waals surface area contributed by atoms with Crippen molar-refractivity contribution in [3.63, 3.8) is 0 Å². The maximum Gasteiger partial charge on any atom is 0.409 e. The summed E-state index contributed by atoms with van der Waals surface area (Å²) in [6, 6.07) is 3.46. The van der Waals surface area contributed by atoms with Gasteiger partial charge in [-0.15, -0.1) is 0 Å². The Balaban J connectivity index is 1.30. The van der Waals surface area contributed by atoms with Crippen molar-refractivity contribution >= 4 is 46.6 Å². The van der Waals surface area contributed by atoms with E-state index in [4.69, 9.17) is 9.47 Å². The largest absolute Gasteiger partial charge is 0.483 e. The molecule has 0 spiro atoms. The maximum absolute atomic E-state index is 15.0. The van der Waals surface area contributed by atoms with E-state index >= 15 is 4.39 Å². The summed E-state index contributed by atoms with van der Waals surface area (Å²) in [5, 5.41) is 14.7. The predicted molar refractivity (Wildman–Crippen MR) is 166 cm³/mol. The number of amides is 5. The molecule has 3 fully saturated rings. The molecule has 0 radical (unpaired) electrons. The number of pyridine rings is 1. The van der Waals surface area contributed by atoms with Gasteiger partial charge >= 0.3 is 12.1 Å². The number of benzene rings is 1. The summed E-state index contributed by atoms with van der Waals surface area (Å²) < 4.78 is 25.8. The third-order valence-corrected chi connectivity index (χ3v) is 8.50. The van der Waals surface area contributed by atoms with E-state index in [1.54, 1.807) is 6.92 Å². The molecule has 0 bridgehead atoms. The van der Waals surface area contributed by atoms with E-state index in [2.05, 4.69) is 15.6 Å². The lowest BCUT2D eigenvalue weighted by molar-refractivity contribution is -0.140. The minimum atomic E-state index is -1.24. The van der Waals surface area contributed by atoms with Crippen molar-refractivity contribution in [3.8, 4) is 5.75 Å². The molecular weight excluding hydrogens is 631 g/mol. The normalized spacial score (nSPS) is 18.3. The Hall–Kier alpha value is -5.02. The van der Waals surface area contributed by atoms with E-state index < -0.39 is 60.7 Å². The fourth-order valence-electron chi connectivity index (χ4n) is 5.83. The molecule has 2 atom stereocenters. The van der Waals surface area contributed by atoms with Crippen molar-refractivity contribution in [2.24, 2.45) is 0 Å². The first-order valence-corrected chi connectivity index (χ1v) is 16.1. The Morgan fingerprint density at radius 3 is 2.46 bits per heavy atom. The quantitative estimate of drug-likeness (QED) is 0.297. The topological polar surface area (TPSA) is 188 Å². The average molecular weight is 671 g/mol. The van der Waals surface area contributed by atoms with Crippen molar-refractivity contribution in [2.75, 3.05) is 45.9 Å². The van der Waals surface area contributed by atoms with Crippen LogP contribution in [0.2, 0.25) is 0 Å². The van der Waals surface area contributed by atoms with E-state index in [0.717, 1.165) is 18.9 Å². The van der Waals surface area contributed by atoms with Gasteiger partial charge in [0.15, 0.2) is 6.61 Å². The number of carboxylic acid groups (broad SMARTS) is 1. The van der Waals surface area contributed by atoms with Gasteiger partial charge in [-0.1, -0.05) is 6.07 Å². The van der Waals surface area contributed by atoms with Gasteiger partial charge in [-0.05, 0) is 51.2 Å². The molecule has 3 aliphatic rings. The zero-order valence-electron chi connectivity index (χ0n) is 26.6. The number of nitrogens with zero attached hydrogens (tertiary/aromatic N) is 4. The number of piperazine rings is 1. The fourth-order valence-corrected chi connectivity index (χ4v) is 5.83. The van der Waals surface area contributed by atoms with Gasteiger partial charge in [-0.2, -0.15) is 0 Å². The van der Waals surface area contributed by atoms with Crippen LogP contribution < -0.4 is 15.4 Å². The number of ether oxygens (including phenoxy) is 2. The first kappa shape index (κ1) is 34.3. The lowest BCUT2D eigenvalue weighted by atomic mass is 10.1. The number of hydrogen-bond donors (Lipinski definition) is 3. The highest BCUT2D eigenvalue weighted by Crippen LogP contribution is 2.29. The zero-order valence-corrected chi connectivity index (χ0v) is 26.6. The zero-order chi connectivity index (χ0) is 34.4. The van der Waals surface area contributed by atoms with Crippen LogP contribution in [0.4, 0.5) is 9.18 Å². The minimum absolute atomic E-state index is 0.0523. The summed E-state index contributed by atoms with van der Waals surface area (Å²) in [5.41, 5.74) is -0.199. The van der Waals surface area contributed by atoms with Gasteiger partial charge in [-0.3, -0.25) is 24.0 Å². The second-order valence-corrected chi connectivity index (χ2v) is 11.9. The van der Waals surface area contributed by atoms with E-state index in [9.17, 15) is 33.9 Å². The number of carbonyl (C=O) groups is 6. The third kappa shape index (κ3) is 8.27. The molecule has 1 aliphatic carbocycles. The number of fused-ring (bicyclic) bond motifs is 1. The summed E-state index contributed by atoms with van der Waals surface area (Å²) in [4.78, 5) is 84.9. The number of rotatable bonds is 12. The molecule has 1 aromatic carbocycles. The smallest absolute Gasteiger partial charge is 0.409 e. The molecule has 258 valence electrons. The average Bonchev–Trinajstić information content (AvgIpc) is 3.75.